The number of hydrogen-bond donors (Lipinski definition) is 0. The molecule has 1 saturated carbocycles. The Morgan fingerprint density at radius 1 is 1.15 bits per heavy atom. The normalized spacial score (nSPS) is 31.3. The Bertz CT molecular complexity index is 811. The molecule has 0 aromatic heterocycles. The molecule has 1 aliphatic heterocycles. The molecule has 0 unspecified atom stereocenters. The van der Waals surface area contributed by atoms with Crippen molar-refractivity contribution < 1.29 is 13.7 Å². The van der Waals surface area contributed by atoms with Gasteiger partial charge in [-0.05, 0) is 30.4 Å². The average Bonchev–Trinajstić information content (AvgIpc) is 3.14. The van der Waals surface area contributed by atoms with Crippen LogP contribution in [0.4, 0.5) is 0 Å². The zero-order valence-electron chi connectivity index (χ0n) is 15.9. The first-order chi connectivity index (χ1) is 12.3. The van der Waals surface area contributed by atoms with E-state index in [0.29, 0.717) is 17.6 Å². The van der Waals surface area contributed by atoms with Gasteiger partial charge in [0.15, 0.2) is 5.79 Å². The van der Waals surface area contributed by atoms with Crippen molar-refractivity contribution in [1.29, 1.82) is 0 Å². The van der Waals surface area contributed by atoms with Gasteiger partial charge in [-0.3, -0.25) is 0 Å². The van der Waals surface area contributed by atoms with Gasteiger partial charge in [0, 0.05) is 30.2 Å². The van der Waals surface area contributed by atoms with Crippen molar-refractivity contribution >= 4 is 9.73 Å². The Kier molecular flexibility index (Phi) is 4.53. The van der Waals surface area contributed by atoms with Gasteiger partial charge in [-0.1, -0.05) is 43.7 Å². The molecule has 0 N–H and O–H groups in total. The average molecular weight is 376 g/mol. The number of benzene rings is 1. The molecule has 1 aromatic rings. The zero-order chi connectivity index (χ0) is 18.4. The molecule has 4 nitrogen and oxygen atoms in total. The molecule has 3 atom stereocenters. The first kappa shape index (κ1) is 18.2. The van der Waals surface area contributed by atoms with Crippen LogP contribution in [0.25, 0.3) is 0 Å². The Labute approximate surface area is 157 Å². The van der Waals surface area contributed by atoms with Gasteiger partial charge >= 0.3 is 0 Å². The van der Waals surface area contributed by atoms with Gasteiger partial charge in [0.1, 0.15) is 0 Å². The maximum absolute atomic E-state index is 13.3. The second-order valence-corrected chi connectivity index (χ2v) is 11.2. The number of allylic oxidation sites excluding steroid dienone is 1. The van der Waals surface area contributed by atoms with E-state index >= 15 is 0 Å². The third kappa shape index (κ3) is 3.37. The molecule has 5 heteroatoms. The van der Waals surface area contributed by atoms with Crippen LogP contribution < -0.4 is 0 Å². The summed E-state index contributed by atoms with van der Waals surface area (Å²) in [5.41, 5.74) is 1.39. The van der Waals surface area contributed by atoms with E-state index in [0.717, 1.165) is 37.4 Å². The van der Waals surface area contributed by atoms with Crippen LogP contribution in [0.15, 0.2) is 51.2 Å². The van der Waals surface area contributed by atoms with Crippen LogP contribution >= 0.6 is 0 Å². The fourth-order valence-electron chi connectivity index (χ4n) is 4.50. The summed E-state index contributed by atoms with van der Waals surface area (Å²) in [6.07, 6.45) is 5.19. The minimum absolute atomic E-state index is 0.105. The lowest BCUT2D eigenvalue weighted by molar-refractivity contribution is -0.296. The van der Waals surface area contributed by atoms with Crippen molar-refractivity contribution in [3.8, 4) is 0 Å². The molecule has 0 amide bonds. The Morgan fingerprint density at radius 3 is 2.46 bits per heavy atom. The smallest absolute Gasteiger partial charge is 0.169 e. The molecule has 0 radical (unpaired) electrons. The predicted octanol–water partition coefficient (Wildman–Crippen LogP) is 4.27. The lowest BCUT2D eigenvalue weighted by Gasteiger charge is -2.41. The molecule has 1 spiro atoms. The fourth-order valence-corrected chi connectivity index (χ4v) is 6.31. The molecule has 2 fully saturated rings. The van der Waals surface area contributed by atoms with Crippen LogP contribution in [0.3, 0.4) is 0 Å². The summed E-state index contributed by atoms with van der Waals surface area (Å²) in [4.78, 5) is 0.832. The summed E-state index contributed by atoms with van der Waals surface area (Å²) < 4.78 is 30.0. The number of ether oxygens (including phenoxy) is 2. The minimum Gasteiger partial charge on any atom is -0.349 e. The summed E-state index contributed by atoms with van der Waals surface area (Å²) in [7, 11) is -0.702. The van der Waals surface area contributed by atoms with Gasteiger partial charge in [0.25, 0.3) is 0 Å². The molecule has 3 aliphatic rings. The molecule has 2 aliphatic carbocycles. The van der Waals surface area contributed by atoms with E-state index in [-0.39, 0.29) is 11.2 Å². The Balaban J connectivity index is 1.46. The predicted molar refractivity (Wildman–Crippen MR) is 103 cm³/mol. The van der Waals surface area contributed by atoms with Gasteiger partial charge in [-0.25, -0.2) is 8.57 Å². The molecule has 26 heavy (non-hydrogen) atoms. The van der Waals surface area contributed by atoms with Gasteiger partial charge in [0.2, 0.25) is 0 Å². The van der Waals surface area contributed by atoms with E-state index in [1.54, 1.807) is 7.05 Å². The van der Waals surface area contributed by atoms with Gasteiger partial charge in [-0.2, -0.15) is 0 Å². The summed E-state index contributed by atoms with van der Waals surface area (Å²) in [5.74, 6) is 1.18. The molecular formula is C21H29NO3S. The highest BCUT2D eigenvalue weighted by Gasteiger charge is 2.51. The van der Waals surface area contributed by atoms with Crippen molar-refractivity contribution in [2.24, 2.45) is 21.6 Å². The van der Waals surface area contributed by atoms with Crippen LogP contribution in [0.2, 0.25) is 0 Å². The lowest BCUT2D eigenvalue weighted by atomic mass is 9.94. The first-order valence-corrected chi connectivity index (χ1v) is 11.2. The van der Waals surface area contributed by atoms with E-state index in [1.165, 1.54) is 5.57 Å². The summed E-state index contributed by atoms with van der Waals surface area (Å²) in [6, 6.07) is 9.66. The van der Waals surface area contributed by atoms with Crippen LogP contribution in [0.5, 0.6) is 0 Å². The van der Waals surface area contributed by atoms with Gasteiger partial charge in [-0.15, -0.1) is 0 Å². The largest absolute Gasteiger partial charge is 0.349 e. The monoisotopic (exact) mass is 375 g/mol. The van der Waals surface area contributed by atoms with Crippen LogP contribution in [0, 0.1) is 17.3 Å². The van der Waals surface area contributed by atoms with Crippen molar-refractivity contribution in [3.05, 3.63) is 42.0 Å². The third-order valence-corrected chi connectivity index (χ3v) is 8.30. The molecule has 1 aromatic carbocycles. The van der Waals surface area contributed by atoms with Crippen molar-refractivity contribution in [3.63, 3.8) is 0 Å². The standard InChI is InChI=1S/C21H29NO3S/c1-20(2)14-24-21(25-15-20)11-17-9-16(10-18(17)12-21)13-26(23,22-3)19-7-5-4-6-8-19/h4-9,17-18H,10-15H2,1-3H3/t17-,18+,26+/m0/s1. The number of hydrogen-bond acceptors (Lipinski definition) is 4. The SMILES string of the molecule is CN=[S@@](=O)(CC1=C[C@H]2CC3(C[C@H]2C1)OCC(C)(C)CO3)c1ccccc1. The molecular weight excluding hydrogens is 346 g/mol. The minimum atomic E-state index is -2.37. The zero-order valence-corrected chi connectivity index (χ0v) is 16.8. The Morgan fingerprint density at radius 2 is 1.85 bits per heavy atom. The van der Waals surface area contributed by atoms with Crippen LogP contribution in [0.1, 0.15) is 33.1 Å². The summed E-state index contributed by atoms with van der Waals surface area (Å²) in [5, 5.41) is 0. The van der Waals surface area contributed by atoms with E-state index in [4.69, 9.17) is 9.47 Å². The van der Waals surface area contributed by atoms with Crippen LogP contribution in [-0.2, 0) is 19.2 Å². The molecule has 1 heterocycles. The number of fused-ring (bicyclic) bond motifs is 1. The molecule has 4 rings (SSSR count). The maximum Gasteiger partial charge on any atom is 0.169 e. The van der Waals surface area contributed by atoms with Crippen molar-refractivity contribution in [2.45, 2.75) is 43.8 Å². The second-order valence-electron chi connectivity index (χ2n) is 8.79. The summed E-state index contributed by atoms with van der Waals surface area (Å²) in [6.45, 7) is 5.89. The van der Waals surface area contributed by atoms with E-state index < -0.39 is 9.73 Å². The number of rotatable bonds is 3. The highest BCUT2D eigenvalue weighted by Crippen LogP contribution is 2.52. The van der Waals surface area contributed by atoms with Crippen molar-refractivity contribution in [1.82, 2.24) is 0 Å². The second kappa shape index (κ2) is 6.47. The van der Waals surface area contributed by atoms with Crippen molar-refractivity contribution in [2.75, 3.05) is 26.0 Å². The lowest BCUT2D eigenvalue weighted by Crippen LogP contribution is -2.46. The van der Waals surface area contributed by atoms with E-state index in [9.17, 15) is 4.21 Å². The maximum atomic E-state index is 13.3. The molecule has 142 valence electrons. The number of nitrogens with zero attached hydrogens (tertiary/aromatic N) is 1. The highest BCUT2D eigenvalue weighted by atomic mass is 32.2. The molecule has 0 bridgehead atoms. The van der Waals surface area contributed by atoms with E-state index in [2.05, 4.69) is 24.3 Å². The topological polar surface area (TPSA) is 47.9 Å². The quantitative estimate of drug-likeness (QED) is 0.741. The first-order valence-electron chi connectivity index (χ1n) is 9.49. The van der Waals surface area contributed by atoms with Crippen LogP contribution in [-0.4, -0.2) is 36.0 Å². The Hall–Kier alpha value is -1.17. The highest BCUT2D eigenvalue weighted by molar-refractivity contribution is 7.93. The van der Waals surface area contributed by atoms with Gasteiger partial charge in [0.05, 0.1) is 28.7 Å². The summed E-state index contributed by atoms with van der Waals surface area (Å²) >= 11 is 0. The van der Waals surface area contributed by atoms with E-state index in [1.807, 2.05) is 30.3 Å². The van der Waals surface area contributed by atoms with Gasteiger partial charge < -0.3 is 9.47 Å². The third-order valence-electron chi connectivity index (χ3n) is 5.94. The molecule has 1 saturated heterocycles. The fraction of sp³-hybridized carbons (Fsp3) is 0.619.